The van der Waals surface area contributed by atoms with Gasteiger partial charge in [0.15, 0.2) is 5.65 Å². The Kier molecular flexibility index (Phi) is 2.91. The molecule has 2 atom stereocenters. The number of nitrogens with one attached hydrogen (secondary N) is 1. The lowest BCUT2D eigenvalue weighted by molar-refractivity contribution is -0.0796. The molecule has 0 spiro atoms. The number of fused-ring (bicyclic) bond motifs is 1. The monoisotopic (exact) mass is 280 g/mol. The lowest BCUT2D eigenvalue weighted by atomic mass is 9.64. The van der Waals surface area contributed by atoms with Crippen molar-refractivity contribution in [2.75, 3.05) is 12.4 Å². The molecule has 2 aromatic heterocycles. The first-order valence-electron chi connectivity index (χ1n) is 6.32. The van der Waals surface area contributed by atoms with E-state index in [0.29, 0.717) is 17.0 Å². The zero-order chi connectivity index (χ0) is 13.6. The smallest absolute Gasteiger partial charge is 0.243 e. The summed E-state index contributed by atoms with van der Waals surface area (Å²) >= 11 is 5.93. The highest BCUT2D eigenvalue weighted by Gasteiger charge is 2.48. The van der Waals surface area contributed by atoms with Crippen LogP contribution in [0.25, 0.3) is 5.65 Å². The number of hydrogen-bond acceptors (Lipinski definition) is 4. The molecule has 5 nitrogen and oxygen atoms in total. The topological polar surface area (TPSA) is 51.5 Å². The second-order valence-corrected chi connectivity index (χ2v) is 6.00. The molecule has 2 heterocycles. The summed E-state index contributed by atoms with van der Waals surface area (Å²) in [6.45, 7) is 4.38. The number of halogens is 1. The number of pyridine rings is 1. The molecule has 0 radical (unpaired) electrons. The van der Waals surface area contributed by atoms with Gasteiger partial charge in [0.25, 0.3) is 0 Å². The van der Waals surface area contributed by atoms with E-state index in [2.05, 4.69) is 29.2 Å². The molecule has 19 heavy (non-hydrogen) atoms. The SMILES string of the molecule is COC1CC(Nc2nc3ccc(Cl)cn3n2)C1(C)C. The Morgan fingerprint density at radius 2 is 2.26 bits per heavy atom. The van der Waals surface area contributed by atoms with Crippen molar-refractivity contribution in [1.29, 1.82) is 0 Å². The van der Waals surface area contributed by atoms with Gasteiger partial charge in [0, 0.05) is 24.8 Å². The van der Waals surface area contributed by atoms with Crippen LogP contribution in [0.4, 0.5) is 5.95 Å². The zero-order valence-electron chi connectivity index (χ0n) is 11.2. The maximum absolute atomic E-state index is 5.93. The molecule has 1 aliphatic rings. The van der Waals surface area contributed by atoms with Crippen molar-refractivity contribution in [3.8, 4) is 0 Å². The standard InChI is InChI=1S/C13H17ClN4O/c1-13(2)9(6-10(13)19-3)15-12-16-11-5-4-8(14)7-18(11)17-12/h4-5,7,9-10H,6H2,1-3H3,(H,15,17). The van der Waals surface area contributed by atoms with Gasteiger partial charge in [0.1, 0.15) is 0 Å². The number of rotatable bonds is 3. The molecular formula is C13H17ClN4O. The molecule has 1 N–H and O–H groups in total. The number of aromatic nitrogens is 3. The van der Waals surface area contributed by atoms with Crippen LogP contribution in [0.5, 0.6) is 0 Å². The van der Waals surface area contributed by atoms with E-state index in [1.807, 2.05) is 12.1 Å². The molecule has 6 heteroatoms. The van der Waals surface area contributed by atoms with Gasteiger partial charge in [-0.3, -0.25) is 0 Å². The molecule has 1 fully saturated rings. The van der Waals surface area contributed by atoms with Crippen LogP contribution in [0.1, 0.15) is 20.3 Å². The Hall–Kier alpha value is -1.33. The van der Waals surface area contributed by atoms with E-state index in [1.54, 1.807) is 17.8 Å². The molecule has 3 rings (SSSR count). The minimum absolute atomic E-state index is 0.0872. The Balaban J connectivity index is 1.79. The van der Waals surface area contributed by atoms with Crippen LogP contribution in [-0.4, -0.2) is 33.9 Å². The van der Waals surface area contributed by atoms with Crippen LogP contribution in [0.3, 0.4) is 0 Å². The third-order valence-corrected chi connectivity index (χ3v) is 4.28. The molecule has 0 amide bonds. The second-order valence-electron chi connectivity index (χ2n) is 5.56. The van der Waals surface area contributed by atoms with Crippen LogP contribution in [0.2, 0.25) is 5.02 Å². The summed E-state index contributed by atoms with van der Waals surface area (Å²) in [5, 5.41) is 8.40. The van der Waals surface area contributed by atoms with Crippen molar-refractivity contribution >= 4 is 23.2 Å². The molecule has 0 bridgehead atoms. The second kappa shape index (κ2) is 4.35. The number of ether oxygens (including phenoxy) is 1. The van der Waals surface area contributed by atoms with E-state index in [0.717, 1.165) is 12.1 Å². The average Bonchev–Trinajstić information content (AvgIpc) is 2.75. The van der Waals surface area contributed by atoms with Crippen LogP contribution in [0.15, 0.2) is 18.3 Å². The number of methoxy groups -OCH3 is 1. The van der Waals surface area contributed by atoms with Gasteiger partial charge in [0.05, 0.1) is 11.1 Å². The van der Waals surface area contributed by atoms with Gasteiger partial charge < -0.3 is 10.1 Å². The van der Waals surface area contributed by atoms with Gasteiger partial charge in [-0.05, 0) is 18.6 Å². The number of nitrogens with zero attached hydrogens (tertiary/aromatic N) is 3. The molecule has 0 saturated heterocycles. The van der Waals surface area contributed by atoms with Crippen molar-refractivity contribution in [3.05, 3.63) is 23.4 Å². The summed E-state index contributed by atoms with van der Waals surface area (Å²) in [6.07, 6.45) is 3.01. The van der Waals surface area contributed by atoms with Crippen LogP contribution in [-0.2, 0) is 4.74 Å². The van der Waals surface area contributed by atoms with E-state index in [9.17, 15) is 0 Å². The Labute approximate surface area is 116 Å². The van der Waals surface area contributed by atoms with E-state index < -0.39 is 0 Å². The van der Waals surface area contributed by atoms with Crippen LogP contribution >= 0.6 is 11.6 Å². The molecular weight excluding hydrogens is 264 g/mol. The van der Waals surface area contributed by atoms with Crippen LogP contribution in [0, 0.1) is 5.41 Å². The van der Waals surface area contributed by atoms with Gasteiger partial charge in [0.2, 0.25) is 5.95 Å². The van der Waals surface area contributed by atoms with Crippen molar-refractivity contribution in [1.82, 2.24) is 14.6 Å². The highest BCUT2D eigenvalue weighted by molar-refractivity contribution is 6.30. The fraction of sp³-hybridized carbons (Fsp3) is 0.538. The minimum atomic E-state index is 0.0872. The summed E-state index contributed by atoms with van der Waals surface area (Å²) in [5.74, 6) is 0.634. The first-order chi connectivity index (χ1) is 9.00. The highest BCUT2D eigenvalue weighted by atomic mass is 35.5. The molecule has 0 aromatic carbocycles. The van der Waals surface area contributed by atoms with Crippen molar-refractivity contribution in [3.63, 3.8) is 0 Å². The predicted molar refractivity (Wildman–Crippen MR) is 74.6 cm³/mol. The molecule has 0 aliphatic heterocycles. The van der Waals surface area contributed by atoms with Gasteiger partial charge >= 0.3 is 0 Å². The van der Waals surface area contributed by atoms with Gasteiger partial charge in [-0.15, -0.1) is 5.10 Å². The average molecular weight is 281 g/mol. The van der Waals surface area contributed by atoms with Gasteiger partial charge in [-0.1, -0.05) is 25.4 Å². The van der Waals surface area contributed by atoms with E-state index in [1.165, 1.54) is 0 Å². The molecule has 1 aliphatic carbocycles. The maximum atomic E-state index is 5.93. The Morgan fingerprint density at radius 3 is 2.95 bits per heavy atom. The zero-order valence-corrected chi connectivity index (χ0v) is 12.0. The number of anilines is 1. The lowest BCUT2D eigenvalue weighted by Gasteiger charge is -2.51. The van der Waals surface area contributed by atoms with Crippen LogP contribution < -0.4 is 5.32 Å². The molecule has 2 aromatic rings. The largest absolute Gasteiger partial charge is 0.381 e. The summed E-state index contributed by atoms with van der Waals surface area (Å²) in [5.41, 5.74) is 0.872. The summed E-state index contributed by atoms with van der Waals surface area (Å²) in [7, 11) is 1.76. The van der Waals surface area contributed by atoms with Crippen molar-refractivity contribution in [2.45, 2.75) is 32.4 Å². The first kappa shape index (κ1) is 12.7. The molecule has 1 saturated carbocycles. The maximum Gasteiger partial charge on any atom is 0.243 e. The summed E-state index contributed by atoms with van der Waals surface area (Å²) in [6, 6.07) is 3.99. The molecule has 2 unspecified atom stereocenters. The van der Waals surface area contributed by atoms with Gasteiger partial charge in [-0.25, -0.2) is 4.52 Å². The highest BCUT2D eigenvalue weighted by Crippen LogP contribution is 2.43. The summed E-state index contributed by atoms with van der Waals surface area (Å²) < 4.78 is 7.13. The fourth-order valence-corrected chi connectivity index (χ4v) is 2.76. The molecule has 102 valence electrons. The Morgan fingerprint density at radius 1 is 1.47 bits per heavy atom. The Bertz CT molecular complexity index is 610. The predicted octanol–water partition coefficient (Wildman–Crippen LogP) is 2.61. The summed E-state index contributed by atoms with van der Waals surface area (Å²) in [4.78, 5) is 4.43. The lowest BCUT2D eigenvalue weighted by Crippen LogP contribution is -2.57. The van der Waals surface area contributed by atoms with Gasteiger partial charge in [-0.2, -0.15) is 4.98 Å². The van der Waals surface area contributed by atoms with E-state index in [4.69, 9.17) is 16.3 Å². The third kappa shape index (κ3) is 2.07. The van der Waals surface area contributed by atoms with E-state index >= 15 is 0 Å². The first-order valence-corrected chi connectivity index (χ1v) is 6.70. The number of hydrogen-bond donors (Lipinski definition) is 1. The third-order valence-electron chi connectivity index (χ3n) is 4.06. The van der Waals surface area contributed by atoms with E-state index in [-0.39, 0.29) is 11.5 Å². The quantitative estimate of drug-likeness (QED) is 0.939. The van der Waals surface area contributed by atoms with Crippen molar-refractivity contribution in [2.24, 2.45) is 5.41 Å². The van der Waals surface area contributed by atoms with Crippen molar-refractivity contribution < 1.29 is 4.74 Å². The minimum Gasteiger partial charge on any atom is -0.381 e. The fourth-order valence-electron chi connectivity index (χ4n) is 2.61. The normalized spacial score (nSPS) is 25.3.